The Kier molecular flexibility index (Phi) is 5.43. The van der Waals surface area contributed by atoms with Crippen LogP contribution < -0.4 is 15.5 Å². The van der Waals surface area contributed by atoms with E-state index in [1.807, 2.05) is 26.0 Å². The van der Waals surface area contributed by atoms with Gasteiger partial charge in [-0.1, -0.05) is 24.3 Å². The molecule has 1 amide bonds. The van der Waals surface area contributed by atoms with Crippen molar-refractivity contribution in [1.29, 1.82) is 0 Å². The largest absolute Gasteiger partial charge is 0.477 e. The highest BCUT2D eigenvalue weighted by Crippen LogP contribution is 2.30. The van der Waals surface area contributed by atoms with Gasteiger partial charge in [-0.3, -0.25) is 9.36 Å². The number of ether oxygens (including phenoxy) is 1. The van der Waals surface area contributed by atoms with E-state index in [4.69, 9.17) is 4.74 Å². The number of para-hydroxylation sites is 1. The summed E-state index contributed by atoms with van der Waals surface area (Å²) in [6.07, 6.45) is 2.55. The van der Waals surface area contributed by atoms with Crippen LogP contribution in [0, 0.1) is 13.8 Å². The number of carbonyl (C=O) groups excluding carboxylic acids is 1. The molecule has 0 spiro atoms. The lowest BCUT2D eigenvalue weighted by Gasteiger charge is -2.15. The molecule has 0 radical (unpaired) electrons. The van der Waals surface area contributed by atoms with Crippen molar-refractivity contribution in [1.82, 2.24) is 9.55 Å². The summed E-state index contributed by atoms with van der Waals surface area (Å²) in [6, 6.07) is 14.5. The number of pyridine rings is 2. The van der Waals surface area contributed by atoms with Gasteiger partial charge in [0, 0.05) is 17.8 Å². The van der Waals surface area contributed by atoms with Crippen LogP contribution in [0.5, 0.6) is 11.6 Å². The van der Waals surface area contributed by atoms with Gasteiger partial charge in [0.15, 0.2) is 0 Å². The van der Waals surface area contributed by atoms with Crippen LogP contribution in [0.4, 0.5) is 10.5 Å². The van der Waals surface area contributed by atoms with Gasteiger partial charge >= 0.3 is 12.0 Å². The predicted octanol–water partition coefficient (Wildman–Crippen LogP) is 4.58. The SMILES string of the molecule is Cc1cccc(Oc2ncccc2NC(=O)n2cc(C(=O)O)c(=O)c3ccccc32)c1C. The summed E-state index contributed by atoms with van der Waals surface area (Å²) in [5.41, 5.74) is 1.39. The molecule has 2 heterocycles. The maximum Gasteiger partial charge on any atom is 0.341 e. The van der Waals surface area contributed by atoms with Crippen LogP contribution in [-0.2, 0) is 0 Å². The zero-order valence-electron chi connectivity index (χ0n) is 17.3. The van der Waals surface area contributed by atoms with E-state index in [9.17, 15) is 19.5 Å². The van der Waals surface area contributed by atoms with Crippen molar-refractivity contribution < 1.29 is 19.4 Å². The van der Waals surface area contributed by atoms with E-state index < -0.39 is 23.0 Å². The molecule has 4 rings (SSSR count). The fourth-order valence-electron chi connectivity index (χ4n) is 3.28. The zero-order valence-corrected chi connectivity index (χ0v) is 17.3. The normalized spacial score (nSPS) is 10.7. The number of nitrogens with zero attached hydrogens (tertiary/aromatic N) is 2. The van der Waals surface area contributed by atoms with Crippen LogP contribution in [0.15, 0.2) is 71.8 Å². The monoisotopic (exact) mass is 429 g/mol. The van der Waals surface area contributed by atoms with E-state index >= 15 is 0 Å². The van der Waals surface area contributed by atoms with Crippen molar-refractivity contribution in [3.63, 3.8) is 0 Å². The van der Waals surface area contributed by atoms with Crippen LogP contribution >= 0.6 is 0 Å². The number of benzene rings is 2. The molecule has 0 fully saturated rings. The number of fused-ring (bicyclic) bond motifs is 1. The third-order valence-corrected chi connectivity index (χ3v) is 5.13. The molecule has 32 heavy (non-hydrogen) atoms. The number of aromatic nitrogens is 2. The molecule has 0 aliphatic carbocycles. The molecule has 0 saturated carbocycles. The molecule has 0 aliphatic rings. The number of rotatable bonds is 4. The first-order chi connectivity index (χ1) is 15.4. The Morgan fingerprint density at radius 2 is 1.81 bits per heavy atom. The number of carboxylic acid groups (broad SMARTS) is 1. The first-order valence-electron chi connectivity index (χ1n) is 9.75. The topological polar surface area (TPSA) is 111 Å². The number of carbonyl (C=O) groups is 2. The second-order valence-electron chi connectivity index (χ2n) is 7.15. The molecular formula is C24H19N3O5. The minimum Gasteiger partial charge on any atom is -0.477 e. The maximum absolute atomic E-state index is 13.1. The number of hydrogen-bond acceptors (Lipinski definition) is 5. The molecule has 0 bridgehead atoms. The number of carboxylic acids is 1. The number of amides is 1. The smallest absolute Gasteiger partial charge is 0.341 e. The Balaban J connectivity index is 1.74. The van der Waals surface area contributed by atoms with Gasteiger partial charge in [0.05, 0.1) is 5.52 Å². The highest BCUT2D eigenvalue weighted by Gasteiger charge is 2.19. The molecule has 2 aromatic heterocycles. The van der Waals surface area contributed by atoms with E-state index in [-0.39, 0.29) is 22.5 Å². The van der Waals surface area contributed by atoms with E-state index in [2.05, 4.69) is 10.3 Å². The van der Waals surface area contributed by atoms with Crippen molar-refractivity contribution in [3.8, 4) is 11.6 Å². The Bertz CT molecular complexity index is 1430. The molecule has 0 atom stereocenters. The summed E-state index contributed by atoms with van der Waals surface area (Å²) in [7, 11) is 0. The molecular weight excluding hydrogens is 410 g/mol. The van der Waals surface area contributed by atoms with Crippen molar-refractivity contribution in [2.45, 2.75) is 13.8 Å². The molecule has 8 heteroatoms. The van der Waals surface area contributed by atoms with Gasteiger partial charge in [0.2, 0.25) is 11.3 Å². The Hall–Kier alpha value is -4.46. The van der Waals surface area contributed by atoms with Gasteiger partial charge in [-0.05, 0) is 55.3 Å². The Morgan fingerprint density at radius 1 is 1.03 bits per heavy atom. The standard InChI is InChI=1S/C24H19N3O5/c1-14-7-5-11-20(15(14)2)32-22-18(9-6-12-25-22)26-24(31)27-13-17(23(29)30)21(28)16-8-3-4-10-19(16)27/h3-13H,1-2H3,(H,26,31)(H,29,30). The second-order valence-corrected chi connectivity index (χ2v) is 7.15. The lowest BCUT2D eigenvalue weighted by atomic mass is 10.1. The van der Waals surface area contributed by atoms with Crippen LogP contribution in [0.25, 0.3) is 10.9 Å². The summed E-state index contributed by atoms with van der Waals surface area (Å²) in [6.45, 7) is 3.89. The summed E-state index contributed by atoms with van der Waals surface area (Å²) in [5, 5.41) is 12.2. The zero-order chi connectivity index (χ0) is 22.8. The van der Waals surface area contributed by atoms with Crippen molar-refractivity contribution in [2.24, 2.45) is 0 Å². The minimum atomic E-state index is -1.41. The average Bonchev–Trinajstić information content (AvgIpc) is 2.78. The van der Waals surface area contributed by atoms with Gasteiger partial charge in [-0.2, -0.15) is 0 Å². The summed E-state index contributed by atoms with van der Waals surface area (Å²) in [4.78, 5) is 41.3. The first kappa shape index (κ1) is 20.8. The van der Waals surface area contributed by atoms with Crippen molar-refractivity contribution in [2.75, 3.05) is 5.32 Å². The van der Waals surface area contributed by atoms with E-state index in [1.54, 1.807) is 36.4 Å². The van der Waals surface area contributed by atoms with Crippen molar-refractivity contribution in [3.05, 3.63) is 93.9 Å². The summed E-state index contributed by atoms with van der Waals surface area (Å²) in [5.74, 6) is -0.637. The quantitative estimate of drug-likeness (QED) is 0.491. The van der Waals surface area contributed by atoms with Crippen LogP contribution in [-0.4, -0.2) is 26.7 Å². The van der Waals surface area contributed by atoms with E-state index in [1.165, 1.54) is 12.3 Å². The lowest BCUT2D eigenvalue weighted by molar-refractivity contribution is 0.0695. The first-order valence-corrected chi connectivity index (χ1v) is 9.75. The molecule has 0 aliphatic heterocycles. The van der Waals surface area contributed by atoms with Gasteiger partial charge in [0.1, 0.15) is 17.0 Å². The summed E-state index contributed by atoms with van der Waals surface area (Å²) >= 11 is 0. The van der Waals surface area contributed by atoms with Crippen LogP contribution in [0.2, 0.25) is 0 Å². The van der Waals surface area contributed by atoms with Gasteiger partial charge in [-0.25, -0.2) is 14.6 Å². The third-order valence-electron chi connectivity index (χ3n) is 5.13. The highest BCUT2D eigenvalue weighted by molar-refractivity contribution is 6.01. The fourth-order valence-corrected chi connectivity index (χ4v) is 3.28. The lowest BCUT2D eigenvalue weighted by Crippen LogP contribution is -2.26. The van der Waals surface area contributed by atoms with Gasteiger partial charge in [-0.15, -0.1) is 0 Å². The Morgan fingerprint density at radius 3 is 2.59 bits per heavy atom. The number of aryl methyl sites for hydroxylation is 1. The second kappa shape index (κ2) is 8.35. The minimum absolute atomic E-state index is 0.126. The van der Waals surface area contributed by atoms with Crippen LogP contribution in [0.1, 0.15) is 21.5 Å². The molecule has 2 N–H and O–H groups in total. The molecule has 4 aromatic rings. The molecule has 160 valence electrons. The average molecular weight is 429 g/mol. The Labute approximate surface area is 182 Å². The summed E-state index contributed by atoms with van der Waals surface area (Å²) < 4.78 is 7.04. The number of nitrogens with one attached hydrogen (secondary N) is 1. The van der Waals surface area contributed by atoms with E-state index in [0.717, 1.165) is 21.9 Å². The molecule has 0 saturated heterocycles. The third kappa shape index (κ3) is 3.81. The molecule has 0 unspecified atom stereocenters. The van der Waals surface area contributed by atoms with E-state index in [0.29, 0.717) is 5.75 Å². The van der Waals surface area contributed by atoms with Crippen LogP contribution in [0.3, 0.4) is 0 Å². The number of anilines is 1. The number of aromatic carboxylic acids is 1. The van der Waals surface area contributed by atoms with Crippen molar-refractivity contribution >= 4 is 28.6 Å². The van der Waals surface area contributed by atoms with Gasteiger partial charge in [0.25, 0.3) is 0 Å². The van der Waals surface area contributed by atoms with Gasteiger partial charge < -0.3 is 15.2 Å². The fraction of sp³-hybridized carbons (Fsp3) is 0.0833. The predicted molar refractivity (Wildman–Crippen MR) is 120 cm³/mol. The number of hydrogen-bond donors (Lipinski definition) is 2. The molecule has 8 nitrogen and oxygen atoms in total. The highest BCUT2D eigenvalue weighted by atomic mass is 16.5. The molecule has 2 aromatic carbocycles. The maximum atomic E-state index is 13.1.